The molecule has 7 nitrogen and oxygen atoms in total. The topological polar surface area (TPSA) is 92.4 Å². The lowest BCUT2D eigenvalue weighted by Crippen LogP contribution is -2.57. The Labute approximate surface area is 116 Å². The first kappa shape index (κ1) is 12.8. The Morgan fingerprint density at radius 3 is 2.95 bits per heavy atom. The number of nitrogens with two attached hydrogens (primary N) is 1. The van der Waals surface area contributed by atoms with Crippen molar-refractivity contribution in [1.82, 2.24) is 19.8 Å². The van der Waals surface area contributed by atoms with Gasteiger partial charge in [0.15, 0.2) is 0 Å². The highest BCUT2D eigenvalue weighted by Crippen LogP contribution is 2.24. The van der Waals surface area contributed by atoms with Crippen molar-refractivity contribution in [3.05, 3.63) is 17.6 Å². The Balaban J connectivity index is 1.80. The molecule has 1 atom stereocenters. The Morgan fingerprint density at radius 2 is 2.20 bits per heavy atom. The van der Waals surface area contributed by atoms with E-state index < -0.39 is 0 Å². The molecule has 0 spiro atoms. The van der Waals surface area contributed by atoms with E-state index in [1.165, 1.54) is 4.90 Å². The minimum absolute atomic E-state index is 0.00715. The zero-order valence-corrected chi connectivity index (χ0v) is 11.4. The molecular weight excluding hydrogens is 258 g/mol. The Kier molecular flexibility index (Phi) is 3.04. The Bertz CT molecular complexity index is 554. The zero-order valence-electron chi connectivity index (χ0n) is 11.4. The molecule has 7 heteroatoms. The molecule has 1 aromatic heterocycles. The van der Waals surface area contributed by atoms with Gasteiger partial charge in [0.2, 0.25) is 11.8 Å². The van der Waals surface area contributed by atoms with E-state index >= 15 is 0 Å². The third-order valence-electron chi connectivity index (χ3n) is 3.75. The summed E-state index contributed by atoms with van der Waals surface area (Å²) in [7, 11) is 0. The lowest BCUT2D eigenvalue weighted by atomic mass is 10.1. The second-order valence-electron chi connectivity index (χ2n) is 5.29. The molecule has 3 heterocycles. The van der Waals surface area contributed by atoms with Gasteiger partial charge in [0.25, 0.3) is 0 Å². The lowest BCUT2D eigenvalue weighted by molar-refractivity contribution is -0.154. The average Bonchev–Trinajstić information content (AvgIpc) is 2.84. The number of amides is 2. The number of fused-ring (bicyclic) bond motifs is 1. The highest BCUT2D eigenvalue weighted by Gasteiger charge is 2.41. The first-order valence-corrected chi connectivity index (χ1v) is 6.73. The third-order valence-corrected chi connectivity index (χ3v) is 3.75. The highest BCUT2D eigenvalue weighted by atomic mass is 16.2. The molecule has 0 radical (unpaired) electrons. The average molecular weight is 275 g/mol. The van der Waals surface area contributed by atoms with E-state index in [9.17, 15) is 9.59 Å². The van der Waals surface area contributed by atoms with Crippen molar-refractivity contribution in [1.29, 1.82) is 0 Å². The van der Waals surface area contributed by atoms with E-state index in [1.807, 2.05) is 6.92 Å². The van der Waals surface area contributed by atoms with Crippen LogP contribution in [0.25, 0.3) is 0 Å². The van der Waals surface area contributed by atoms with Gasteiger partial charge >= 0.3 is 0 Å². The lowest BCUT2D eigenvalue weighted by Gasteiger charge is -2.36. The monoisotopic (exact) mass is 275 g/mol. The van der Waals surface area contributed by atoms with Crippen molar-refractivity contribution >= 4 is 17.6 Å². The van der Waals surface area contributed by atoms with E-state index in [0.29, 0.717) is 18.2 Å². The van der Waals surface area contributed by atoms with Crippen LogP contribution in [0.3, 0.4) is 0 Å². The van der Waals surface area contributed by atoms with E-state index in [-0.39, 0.29) is 30.9 Å². The van der Waals surface area contributed by atoms with Gasteiger partial charge in [0, 0.05) is 18.3 Å². The summed E-state index contributed by atoms with van der Waals surface area (Å²) in [6.07, 6.45) is 1.64. The third kappa shape index (κ3) is 2.19. The molecule has 0 bridgehead atoms. The van der Waals surface area contributed by atoms with Crippen LogP contribution in [0.1, 0.15) is 24.4 Å². The normalized spacial score (nSPS) is 22.4. The van der Waals surface area contributed by atoms with Crippen LogP contribution in [0.4, 0.5) is 5.82 Å². The number of nitrogens with zero attached hydrogens (tertiary/aromatic N) is 4. The van der Waals surface area contributed by atoms with E-state index in [4.69, 9.17) is 5.73 Å². The molecule has 3 rings (SSSR count). The van der Waals surface area contributed by atoms with Crippen molar-refractivity contribution in [3.8, 4) is 0 Å². The van der Waals surface area contributed by atoms with Crippen LogP contribution in [0, 0.1) is 6.92 Å². The SMILES string of the molecule is Cc1cc(N)nc(CN2CC(=O)N3CCCC3C2=O)n1. The summed E-state index contributed by atoms with van der Waals surface area (Å²) < 4.78 is 0. The number of piperazine rings is 1. The van der Waals surface area contributed by atoms with Crippen LogP contribution in [0.15, 0.2) is 6.07 Å². The molecule has 0 aliphatic carbocycles. The van der Waals surface area contributed by atoms with Gasteiger partial charge in [-0.05, 0) is 19.8 Å². The van der Waals surface area contributed by atoms with Crippen molar-refractivity contribution in [2.45, 2.75) is 32.4 Å². The van der Waals surface area contributed by atoms with E-state index in [0.717, 1.165) is 18.5 Å². The van der Waals surface area contributed by atoms with Gasteiger partial charge in [0.1, 0.15) is 24.2 Å². The maximum atomic E-state index is 12.4. The molecule has 20 heavy (non-hydrogen) atoms. The standard InChI is InChI=1S/C13H17N5O2/c1-8-5-10(14)16-11(15-8)6-17-7-12(19)18-4-2-3-9(18)13(17)20/h5,9H,2-4,6-7H2,1H3,(H2,14,15,16). The molecule has 2 aliphatic heterocycles. The predicted octanol–water partition coefficient (Wildman–Crippen LogP) is -0.300. The fourth-order valence-electron chi connectivity index (χ4n) is 2.90. The van der Waals surface area contributed by atoms with Crippen LogP contribution in [0.5, 0.6) is 0 Å². The molecule has 2 fully saturated rings. The number of hydrogen-bond donors (Lipinski definition) is 1. The van der Waals surface area contributed by atoms with Crippen molar-refractivity contribution in [2.75, 3.05) is 18.8 Å². The quantitative estimate of drug-likeness (QED) is 0.800. The number of nitrogen functional groups attached to an aromatic ring is 1. The molecule has 2 N–H and O–H groups in total. The molecule has 2 amide bonds. The molecule has 1 unspecified atom stereocenters. The summed E-state index contributed by atoms with van der Waals surface area (Å²) in [6.45, 7) is 2.85. The number of aryl methyl sites for hydroxylation is 1. The molecule has 2 aliphatic rings. The molecular formula is C13H17N5O2. The van der Waals surface area contributed by atoms with Crippen LogP contribution in [-0.2, 0) is 16.1 Å². The maximum Gasteiger partial charge on any atom is 0.246 e. The van der Waals surface area contributed by atoms with Gasteiger partial charge in [0.05, 0.1) is 6.54 Å². The number of carbonyl (C=O) groups is 2. The first-order valence-electron chi connectivity index (χ1n) is 6.73. The zero-order chi connectivity index (χ0) is 14.3. The molecule has 1 aromatic rings. The predicted molar refractivity (Wildman–Crippen MR) is 71.3 cm³/mol. The number of hydrogen-bond acceptors (Lipinski definition) is 5. The maximum absolute atomic E-state index is 12.4. The van der Waals surface area contributed by atoms with Crippen molar-refractivity contribution < 1.29 is 9.59 Å². The molecule has 2 saturated heterocycles. The van der Waals surface area contributed by atoms with Gasteiger partial charge in [-0.25, -0.2) is 9.97 Å². The summed E-state index contributed by atoms with van der Waals surface area (Å²) in [5.41, 5.74) is 6.44. The summed E-state index contributed by atoms with van der Waals surface area (Å²) in [5, 5.41) is 0. The minimum atomic E-state index is -0.293. The summed E-state index contributed by atoms with van der Waals surface area (Å²) in [4.78, 5) is 36.0. The Hall–Kier alpha value is -2.18. The second-order valence-corrected chi connectivity index (χ2v) is 5.29. The van der Waals surface area contributed by atoms with E-state index in [2.05, 4.69) is 9.97 Å². The van der Waals surface area contributed by atoms with Crippen LogP contribution < -0.4 is 5.73 Å². The van der Waals surface area contributed by atoms with Gasteiger partial charge in [-0.15, -0.1) is 0 Å². The highest BCUT2D eigenvalue weighted by molar-refractivity contribution is 5.95. The number of rotatable bonds is 2. The van der Waals surface area contributed by atoms with Gasteiger partial charge < -0.3 is 15.5 Å². The Morgan fingerprint density at radius 1 is 1.40 bits per heavy atom. The molecule has 0 aromatic carbocycles. The summed E-state index contributed by atoms with van der Waals surface area (Å²) in [6, 6.07) is 1.38. The van der Waals surface area contributed by atoms with E-state index in [1.54, 1.807) is 11.0 Å². The largest absolute Gasteiger partial charge is 0.384 e. The van der Waals surface area contributed by atoms with Crippen LogP contribution >= 0.6 is 0 Å². The molecule has 106 valence electrons. The van der Waals surface area contributed by atoms with Crippen LogP contribution in [-0.4, -0.2) is 50.7 Å². The van der Waals surface area contributed by atoms with Crippen LogP contribution in [0.2, 0.25) is 0 Å². The first-order chi connectivity index (χ1) is 9.54. The number of carbonyl (C=O) groups excluding carboxylic acids is 2. The van der Waals surface area contributed by atoms with Gasteiger partial charge in [-0.3, -0.25) is 9.59 Å². The fraction of sp³-hybridized carbons (Fsp3) is 0.538. The minimum Gasteiger partial charge on any atom is -0.384 e. The van der Waals surface area contributed by atoms with Gasteiger partial charge in [-0.1, -0.05) is 0 Å². The molecule has 0 saturated carbocycles. The smallest absolute Gasteiger partial charge is 0.246 e. The van der Waals surface area contributed by atoms with Crippen molar-refractivity contribution in [3.63, 3.8) is 0 Å². The summed E-state index contributed by atoms with van der Waals surface area (Å²) in [5.74, 6) is 0.861. The summed E-state index contributed by atoms with van der Waals surface area (Å²) >= 11 is 0. The van der Waals surface area contributed by atoms with Crippen molar-refractivity contribution in [2.24, 2.45) is 0 Å². The van der Waals surface area contributed by atoms with Gasteiger partial charge in [-0.2, -0.15) is 0 Å². The second kappa shape index (κ2) is 4.73. The number of aromatic nitrogens is 2. The fourth-order valence-corrected chi connectivity index (χ4v) is 2.90. The number of anilines is 1.